The standard InChI is InChI=1S/C23H32FN5O3S/c1-18(26-22(30)19-7-4-3-5-8-19)23(10-6-9-20(24)15-23)28-11-13-29(14-12-28)33(31,32)21-16-27(2)17-25-21/h3-5,7-8,16-18,20H,6,9-15H2,1-2H3,(H,26,30). The van der Waals surface area contributed by atoms with Gasteiger partial charge in [0.2, 0.25) is 0 Å². The van der Waals surface area contributed by atoms with Crippen molar-refractivity contribution in [1.82, 2.24) is 24.1 Å². The first kappa shape index (κ1) is 23.8. The van der Waals surface area contributed by atoms with Gasteiger partial charge in [-0.3, -0.25) is 9.69 Å². The fourth-order valence-corrected chi connectivity index (χ4v) is 6.59. The van der Waals surface area contributed by atoms with Gasteiger partial charge in [-0.05, 0) is 44.7 Å². The number of hydrogen-bond donors (Lipinski definition) is 1. The first-order valence-corrected chi connectivity index (χ1v) is 12.9. The van der Waals surface area contributed by atoms with Gasteiger partial charge in [-0.15, -0.1) is 0 Å². The zero-order chi connectivity index (χ0) is 23.6. The fourth-order valence-electron chi connectivity index (χ4n) is 5.20. The van der Waals surface area contributed by atoms with E-state index in [4.69, 9.17) is 0 Å². The summed E-state index contributed by atoms with van der Waals surface area (Å²) in [5.41, 5.74) is 0.0153. The summed E-state index contributed by atoms with van der Waals surface area (Å²) < 4.78 is 43.7. The highest BCUT2D eigenvalue weighted by atomic mass is 32.2. The van der Waals surface area contributed by atoms with E-state index in [1.54, 1.807) is 23.7 Å². The van der Waals surface area contributed by atoms with Crippen LogP contribution in [0.25, 0.3) is 0 Å². The van der Waals surface area contributed by atoms with E-state index < -0.39 is 21.7 Å². The number of alkyl halides is 1. The summed E-state index contributed by atoms with van der Waals surface area (Å²) in [5.74, 6) is -0.181. The Labute approximate surface area is 194 Å². The van der Waals surface area contributed by atoms with Crippen molar-refractivity contribution in [1.29, 1.82) is 0 Å². The lowest BCUT2D eigenvalue weighted by Crippen LogP contribution is -2.67. The van der Waals surface area contributed by atoms with Crippen LogP contribution in [0.1, 0.15) is 43.0 Å². The summed E-state index contributed by atoms with van der Waals surface area (Å²) >= 11 is 0. The van der Waals surface area contributed by atoms with Crippen molar-refractivity contribution in [3.05, 3.63) is 48.4 Å². The molecular formula is C23H32FN5O3S. The number of hydrogen-bond acceptors (Lipinski definition) is 5. The smallest absolute Gasteiger partial charge is 0.262 e. The summed E-state index contributed by atoms with van der Waals surface area (Å²) in [4.78, 5) is 19.0. The number of rotatable bonds is 6. The molecule has 1 aliphatic carbocycles. The molecule has 2 heterocycles. The second kappa shape index (κ2) is 9.52. The van der Waals surface area contributed by atoms with E-state index in [1.165, 1.54) is 16.8 Å². The Kier molecular flexibility index (Phi) is 6.88. The second-order valence-corrected chi connectivity index (χ2v) is 11.0. The molecule has 1 saturated carbocycles. The van der Waals surface area contributed by atoms with Crippen LogP contribution in [0.4, 0.5) is 4.39 Å². The van der Waals surface area contributed by atoms with Crippen LogP contribution >= 0.6 is 0 Å². The topological polar surface area (TPSA) is 87.5 Å². The molecule has 0 radical (unpaired) electrons. The average molecular weight is 478 g/mol. The van der Waals surface area contributed by atoms with Crippen LogP contribution in [0.3, 0.4) is 0 Å². The van der Waals surface area contributed by atoms with Gasteiger partial charge in [-0.25, -0.2) is 17.8 Å². The number of nitrogens with one attached hydrogen (secondary N) is 1. The minimum atomic E-state index is -3.67. The number of benzene rings is 1. The highest BCUT2D eigenvalue weighted by molar-refractivity contribution is 7.89. The van der Waals surface area contributed by atoms with Crippen molar-refractivity contribution in [2.75, 3.05) is 26.2 Å². The van der Waals surface area contributed by atoms with Gasteiger partial charge in [-0.1, -0.05) is 18.2 Å². The van der Waals surface area contributed by atoms with Crippen LogP contribution in [-0.2, 0) is 17.1 Å². The van der Waals surface area contributed by atoms with Gasteiger partial charge in [0.05, 0.1) is 6.33 Å². The molecule has 1 saturated heterocycles. The van der Waals surface area contributed by atoms with Gasteiger partial charge in [-0.2, -0.15) is 4.31 Å². The van der Waals surface area contributed by atoms with E-state index in [2.05, 4.69) is 15.2 Å². The third-order valence-corrected chi connectivity index (χ3v) is 8.83. The van der Waals surface area contributed by atoms with Crippen molar-refractivity contribution in [3.63, 3.8) is 0 Å². The monoisotopic (exact) mass is 477 g/mol. The lowest BCUT2D eigenvalue weighted by Gasteiger charge is -2.53. The number of aromatic nitrogens is 2. The molecule has 2 aliphatic rings. The Hall–Kier alpha value is -2.30. The molecule has 3 unspecified atom stereocenters. The summed E-state index contributed by atoms with van der Waals surface area (Å²) in [5, 5.41) is 3.14. The third-order valence-electron chi connectivity index (χ3n) is 7.05. The highest BCUT2D eigenvalue weighted by Gasteiger charge is 2.47. The summed E-state index contributed by atoms with van der Waals surface area (Å²) in [6, 6.07) is 8.71. The van der Waals surface area contributed by atoms with E-state index in [0.717, 1.165) is 12.8 Å². The number of halogens is 1. The van der Waals surface area contributed by atoms with Crippen LogP contribution < -0.4 is 5.32 Å². The molecule has 0 spiro atoms. The molecule has 2 fully saturated rings. The molecule has 10 heteroatoms. The van der Waals surface area contributed by atoms with E-state index in [9.17, 15) is 17.6 Å². The van der Waals surface area contributed by atoms with Crippen LogP contribution in [0.15, 0.2) is 47.9 Å². The maximum absolute atomic E-state index is 14.7. The molecular weight excluding hydrogens is 445 g/mol. The lowest BCUT2D eigenvalue weighted by atomic mass is 9.74. The largest absolute Gasteiger partial charge is 0.348 e. The SMILES string of the molecule is CC(NC(=O)c1ccccc1)C1(N2CCN(S(=O)(=O)c3cn(C)cn3)CC2)CCCC(F)C1. The van der Waals surface area contributed by atoms with Crippen molar-refractivity contribution in [2.24, 2.45) is 7.05 Å². The molecule has 2 aromatic rings. The van der Waals surface area contributed by atoms with E-state index in [0.29, 0.717) is 44.6 Å². The Bertz CT molecular complexity index is 1070. The van der Waals surface area contributed by atoms with Crippen LogP contribution in [0, 0.1) is 0 Å². The molecule has 0 bridgehead atoms. The number of aryl methyl sites for hydroxylation is 1. The quantitative estimate of drug-likeness (QED) is 0.689. The molecule has 33 heavy (non-hydrogen) atoms. The molecule has 4 rings (SSSR count). The van der Waals surface area contributed by atoms with Gasteiger partial charge >= 0.3 is 0 Å². The van der Waals surface area contributed by atoms with Crippen molar-refractivity contribution in [3.8, 4) is 0 Å². The number of imidazole rings is 1. The molecule has 1 N–H and O–H groups in total. The van der Waals surface area contributed by atoms with Crippen molar-refractivity contribution < 1.29 is 17.6 Å². The van der Waals surface area contributed by atoms with Gasteiger partial charge in [0.25, 0.3) is 15.9 Å². The summed E-state index contributed by atoms with van der Waals surface area (Å²) in [7, 11) is -1.94. The number of nitrogens with zero attached hydrogens (tertiary/aromatic N) is 4. The third kappa shape index (κ3) is 4.83. The summed E-state index contributed by atoms with van der Waals surface area (Å²) in [6.07, 6.45) is 4.38. The predicted octanol–water partition coefficient (Wildman–Crippen LogP) is 2.20. The number of piperazine rings is 1. The number of amides is 1. The number of carbonyl (C=O) groups is 1. The molecule has 1 amide bonds. The van der Waals surface area contributed by atoms with Crippen molar-refractivity contribution in [2.45, 2.75) is 55.4 Å². The van der Waals surface area contributed by atoms with Crippen LogP contribution in [0.2, 0.25) is 0 Å². The van der Waals surface area contributed by atoms with Gasteiger partial charge < -0.3 is 9.88 Å². The zero-order valence-corrected chi connectivity index (χ0v) is 20.0. The maximum Gasteiger partial charge on any atom is 0.262 e. The maximum atomic E-state index is 14.7. The molecule has 8 nitrogen and oxygen atoms in total. The number of carbonyl (C=O) groups excluding carboxylic acids is 1. The first-order valence-electron chi connectivity index (χ1n) is 11.5. The molecule has 1 aliphatic heterocycles. The second-order valence-electron chi connectivity index (χ2n) is 9.13. The Morgan fingerprint density at radius 3 is 2.52 bits per heavy atom. The number of sulfonamides is 1. The Balaban J connectivity index is 1.50. The Morgan fingerprint density at radius 2 is 1.91 bits per heavy atom. The molecule has 1 aromatic carbocycles. The van der Waals surface area contributed by atoms with E-state index in [-0.39, 0.29) is 17.0 Å². The first-order chi connectivity index (χ1) is 15.7. The van der Waals surface area contributed by atoms with Gasteiger partial charge in [0, 0.05) is 56.6 Å². The van der Waals surface area contributed by atoms with Crippen LogP contribution in [0.5, 0.6) is 0 Å². The summed E-state index contributed by atoms with van der Waals surface area (Å²) in [6.45, 7) is 3.50. The van der Waals surface area contributed by atoms with Gasteiger partial charge in [0.1, 0.15) is 6.17 Å². The molecule has 1 aromatic heterocycles. The average Bonchev–Trinajstić information content (AvgIpc) is 3.26. The predicted molar refractivity (Wildman–Crippen MR) is 123 cm³/mol. The Morgan fingerprint density at radius 1 is 1.21 bits per heavy atom. The zero-order valence-electron chi connectivity index (χ0n) is 19.2. The van der Waals surface area contributed by atoms with Gasteiger partial charge in [0.15, 0.2) is 5.03 Å². The molecule has 180 valence electrons. The van der Waals surface area contributed by atoms with Crippen molar-refractivity contribution >= 4 is 15.9 Å². The minimum Gasteiger partial charge on any atom is -0.348 e. The van der Waals surface area contributed by atoms with E-state index >= 15 is 0 Å². The fraction of sp³-hybridized carbons (Fsp3) is 0.565. The van der Waals surface area contributed by atoms with E-state index in [1.807, 2.05) is 25.1 Å². The minimum absolute atomic E-state index is 0.0399. The van der Waals surface area contributed by atoms with Crippen LogP contribution in [-0.4, -0.2) is 77.0 Å². The molecule has 3 atom stereocenters. The highest BCUT2D eigenvalue weighted by Crippen LogP contribution is 2.39. The normalized spacial score (nSPS) is 26.1. The lowest BCUT2D eigenvalue weighted by molar-refractivity contribution is -0.0206.